The Morgan fingerprint density at radius 2 is 1.17 bits per heavy atom. The second-order valence-corrected chi connectivity index (χ2v) is 6.58. The van der Waals surface area contributed by atoms with Gasteiger partial charge >= 0.3 is 26.2 Å². The number of fused-ring (bicyclic) bond motifs is 2. The van der Waals surface area contributed by atoms with E-state index in [0.717, 1.165) is 23.7 Å². The van der Waals surface area contributed by atoms with Crippen LogP contribution in [-0.2, 0) is 26.2 Å². The summed E-state index contributed by atoms with van der Waals surface area (Å²) in [4.78, 5) is 0. The second kappa shape index (κ2) is 11.1. The van der Waals surface area contributed by atoms with E-state index in [9.17, 15) is 0 Å². The molecular weight excluding hydrogens is 402 g/mol. The van der Waals surface area contributed by atoms with Gasteiger partial charge in [0.2, 0.25) is 0 Å². The van der Waals surface area contributed by atoms with Crippen molar-refractivity contribution in [1.82, 2.24) is 0 Å². The predicted octanol–water partition coefficient (Wildman–Crippen LogP) is -0.529. The zero-order valence-corrected chi connectivity index (χ0v) is 18.0. The Balaban J connectivity index is 0.000000372. The quantitative estimate of drug-likeness (QED) is 0.456. The van der Waals surface area contributed by atoms with E-state index >= 15 is 0 Å². The molecule has 2 saturated carbocycles. The molecule has 2 fully saturated rings. The number of hydrogen-bond acceptors (Lipinski definition) is 0. The number of halogens is 2. The van der Waals surface area contributed by atoms with Crippen LogP contribution >= 0.6 is 0 Å². The van der Waals surface area contributed by atoms with E-state index in [1.54, 1.807) is 11.1 Å². The van der Waals surface area contributed by atoms with Crippen LogP contribution in [0.5, 0.6) is 0 Å². The third-order valence-electron chi connectivity index (χ3n) is 5.32. The molecule has 4 unspecified atom stereocenters. The van der Waals surface area contributed by atoms with Gasteiger partial charge in [-0.2, -0.15) is 12.8 Å². The summed E-state index contributed by atoms with van der Waals surface area (Å²) in [5.41, 5.74) is 3.14. The van der Waals surface area contributed by atoms with Crippen molar-refractivity contribution < 1.29 is 51.0 Å². The SMILES string of the molecule is CC1=CC=CC2[CH-]CCC12.CC1=CC=CC2[CH-]CCC12.[Cl-].[Cl-].[Zr+4]. The third kappa shape index (κ3) is 5.72. The van der Waals surface area contributed by atoms with Gasteiger partial charge in [-0.05, 0) is 25.7 Å². The molecule has 0 saturated heterocycles. The Hall–Kier alpha value is 0.423. The molecule has 0 heterocycles. The molecule has 3 heteroatoms. The summed E-state index contributed by atoms with van der Waals surface area (Å²) < 4.78 is 0. The summed E-state index contributed by atoms with van der Waals surface area (Å²) in [5, 5.41) is 0. The average Bonchev–Trinajstić information content (AvgIpc) is 3.08. The molecule has 0 bridgehead atoms. The van der Waals surface area contributed by atoms with Crippen LogP contribution in [0.25, 0.3) is 0 Å². The van der Waals surface area contributed by atoms with Gasteiger partial charge < -0.3 is 37.7 Å². The molecule has 0 amide bonds. The van der Waals surface area contributed by atoms with Gasteiger partial charge in [-0.15, -0.1) is 24.0 Å². The van der Waals surface area contributed by atoms with Gasteiger partial charge in [-0.3, -0.25) is 0 Å². The van der Waals surface area contributed by atoms with Crippen LogP contribution in [0.2, 0.25) is 0 Å². The summed E-state index contributed by atoms with van der Waals surface area (Å²) in [7, 11) is 0. The Kier molecular flexibility index (Phi) is 11.3. The van der Waals surface area contributed by atoms with Gasteiger partial charge in [-0.1, -0.05) is 48.3 Å². The first-order valence-electron chi connectivity index (χ1n) is 8.12. The molecule has 0 N–H and O–H groups in total. The van der Waals surface area contributed by atoms with Crippen LogP contribution in [0, 0.1) is 36.5 Å². The van der Waals surface area contributed by atoms with E-state index in [1.807, 2.05) is 0 Å². The molecule has 0 aromatic heterocycles. The summed E-state index contributed by atoms with van der Waals surface area (Å²) in [6.07, 6.45) is 23.8. The molecule has 0 radical (unpaired) electrons. The molecule has 4 atom stereocenters. The molecule has 0 nitrogen and oxygen atoms in total. The zero-order chi connectivity index (χ0) is 13.9. The molecule has 4 aliphatic carbocycles. The molecule has 4 aliphatic rings. The Labute approximate surface area is 173 Å². The molecule has 0 aromatic carbocycles. The summed E-state index contributed by atoms with van der Waals surface area (Å²) in [6, 6.07) is 0. The standard InChI is InChI=1S/2C10H13.2ClH.Zr/c2*1-8-4-2-5-9-6-3-7-10(8)9;;;/h2*2,4-6,9-10H,3,7H2,1H3;2*1H;/q2*-1;;;+4/p-2. The molecule has 0 aromatic rings. The van der Waals surface area contributed by atoms with Crippen molar-refractivity contribution in [2.45, 2.75) is 39.5 Å². The Bertz CT molecular complexity index is 432. The van der Waals surface area contributed by atoms with Crippen molar-refractivity contribution in [3.63, 3.8) is 0 Å². The van der Waals surface area contributed by atoms with Gasteiger partial charge in [0.05, 0.1) is 0 Å². The van der Waals surface area contributed by atoms with Crippen LogP contribution in [0.4, 0.5) is 0 Å². The van der Waals surface area contributed by atoms with E-state index in [0.29, 0.717) is 0 Å². The first kappa shape index (κ1) is 23.4. The van der Waals surface area contributed by atoms with Crippen molar-refractivity contribution in [1.29, 1.82) is 0 Å². The average molecular weight is 429 g/mol. The molecular formula is C20H26Cl2Zr. The van der Waals surface area contributed by atoms with Crippen molar-refractivity contribution in [2.24, 2.45) is 23.7 Å². The largest absolute Gasteiger partial charge is 4.00 e. The van der Waals surface area contributed by atoms with Crippen LogP contribution in [-0.4, -0.2) is 0 Å². The fourth-order valence-electron chi connectivity index (χ4n) is 4.06. The van der Waals surface area contributed by atoms with Gasteiger partial charge in [0, 0.05) is 0 Å². The van der Waals surface area contributed by atoms with E-state index in [4.69, 9.17) is 0 Å². The fraction of sp³-hybridized carbons (Fsp3) is 0.500. The van der Waals surface area contributed by atoms with E-state index in [2.05, 4.69) is 63.1 Å². The van der Waals surface area contributed by atoms with Gasteiger partial charge in [0.25, 0.3) is 0 Å². The minimum atomic E-state index is 0. The van der Waals surface area contributed by atoms with Crippen molar-refractivity contribution in [3.05, 3.63) is 60.4 Å². The van der Waals surface area contributed by atoms with Crippen LogP contribution < -0.4 is 24.8 Å². The van der Waals surface area contributed by atoms with Crippen molar-refractivity contribution in [3.8, 4) is 0 Å². The first-order chi connectivity index (χ1) is 9.75. The minimum Gasteiger partial charge on any atom is -1.00 e. The zero-order valence-electron chi connectivity index (χ0n) is 14.0. The first-order valence-corrected chi connectivity index (χ1v) is 8.12. The molecule has 0 aliphatic heterocycles. The molecule has 23 heavy (non-hydrogen) atoms. The smallest absolute Gasteiger partial charge is 1.00 e. The molecule has 4 rings (SSSR count). The molecule has 0 spiro atoms. The minimum absolute atomic E-state index is 0. The van der Waals surface area contributed by atoms with Gasteiger partial charge in [0.1, 0.15) is 0 Å². The van der Waals surface area contributed by atoms with Gasteiger partial charge in [0.15, 0.2) is 0 Å². The molecule has 124 valence electrons. The summed E-state index contributed by atoms with van der Waals surface area (Å²) in [5.74, 6) is 3.24. The van der Waals surface area contributed by atoms with Gasteiger partial charge in [-0.25, -0.2) is 0 Å². The van der Waals surface area contributed by atoms with Crippen LogP contribution in [0.15, 0.2) is 47.6 Å². The predicted molar refractivity (Wildman–Crippen MR) is 86.8 cm³/mol. The maximum Gasteiger partial charge on any atom is 4.00 e. The van der Waals surface area contributed by atoms with E-state index in [1.165, 1.54) is 25.7 Å². The van der Waals surface area contributed by atoms with Crippen molar-refractivity contribution in [2.75, 3.05) is 0 Å². The third-order valence-corrected chi connectivity index (χ3v) is 5.32. The number of allylic oxidation sites excluding steroid dienone is 8. The number of rotatable bonds is 0. The number of hydrogen-bond donors (Lipinski definition) is 0. The summed E-state index contributed by atoms with van der Waals surface area (Å²) >= 11 is 0. The monoisotopic (exact) mass is 426 g/mol. The fourth-order valence-corrected chi connectivity index (χ4v) is 4.06. The van der Waals surface area contributed by atoms with E-state index in [-0.39, 0.29) is 51.0 Å². The normalized spacial score (nSPS) is 32.6. The van der Waals surface area contributed by atoms with Crippen LogP contribution in [0.3, 0.4) is 0 Å². The second-order valence-electron chi connectivity index (χ2n) is 6.58. The van der Waals surface area contributed by atoms with Crippen molar-refractivity contribution >= 4 is 0 Å². The van der Waals surface area contributed by atoms with E-state index < -0.39 is 0 Å². The Morgan fingerprint density at radius 1 is 0.783 bits per heavy atom. The topological polar surface area (TPSA) is 0 Å². The Morgan fingerprint density at radius 3 is 1.52 bits per heavy atom. The summed E-state index contributed by atoms with van der Waals surface area (Å²) in [6.45, 7) is 4.50. The maximum absolute atomic E-state index is 2.44. The maximum atomic E-state index is 2.44. The van der Waals surface area contributed by atoms with Crippen LogP contribution in [0.1, 0.15) is 39.5 Å².